The molecule has 0 radical (unpaired) electrons. The zero-order valence-electron chi connectivity index (χ0n) is 11.8. The summed E-state index contributed by atoms with van der Waals surface area (Å²) < 4.78 is 5.59. The van der Waals surface area contributed by atoms with Gasteiger partial charge in [-0.15, -0.1) is 0 Å². The highest BCUT2D eigenvalue weighted by atomic mass is 16.5. The molecule has 18 heavy (non-hydrogen) atoms. The van der Waals surface area contributed by atoms with Gasteiger partial charge in [0.2, 0.25) is 0 Å². The number of ether oxygens (including phenoxy) is 1. The maximum atomic E-state index is 5.78. The van der Waals surface area contributed by atoms with Crippen LogP contribution in [0.25, 0.3) is 0 Å². The van der Waals surface area contributed by atoms with Crippen LogP contribution in [0.4, 0.5) is 0 Å². The van der Waals surface area contributed by atoms with Crippen LogP contribution in [0.3, 0.4) is 0 Å². The summed E-state index contributed by atoms with van der Waals surface area (Å²) in [5.74, 6) is 8.11. The molecular weight excluding hydrogens is 224 g/mol. The first-order chi connectivity index (χ1) is 8.60. The maximum absolute atomic E-state index is 5.78. The second-order valence-electron chi connectivity index (χ2n) is 5.47. The molecule has 1 aromatic rings. The Bertz CT molecular complexity index is 427. The molecule has 1 aliphatic carbocycles. The number of methoxy groups -OCH3 is 1. The fourth-order valence-corrected chi connectivity index (χ4v) is 2.75. The number of nitrogens with two attached hydrogens (primary N) is 1. The van der Waals surface area contributed by atoms with Gasteiger partial charge in [-0.25, -0.2) is 0 Å². The van der Waals surface area contributed by atoms with Gasteiger partial charge in [0, 0.05) is 5.56 Å². The highest BCUT2D eigenvalue weighted by Crippen LogP contribution is 2.44. The van der Waals surface area contributed by atoms with Crippen molar-refractivity contribution in [2.75, 3.05) is 7.11 Å². The first kappa shape index (κ1) is 13.4. The Kier molecular flexibility index (Phi) is 3.93. The number of nitrogens with one attached hydrogen (secondary N) is 1. The van der Waals surface area contributed by atoms with Crippen molar-refractivity contribution in [1.82, 2.24) is 5.43 Å². The first-order valence-electron chi connectivity index (χ1n) is 6.70. The van der Waals surface area contributed by atoms with Crippen molar-refractivity contribution < 1.29 is 4.74 Å². The summed E-state index contributed by atoms with van der Waals surface area (Å²) in [6, 6.07) is 4.47. The third kappa shape index (κ3) is 2.38. The van der Waals surface area contributed by atoms with Gasteiger partial charge in [0.1, 0.15) is 5.75 Å². The summed E-state index contributed by atoms with van der Waals surface area (Å²) in [6.07, 6.45) is 2.65. The van der Waals surface area contributed by atoms with Crippen molar-refractivity contribution in [3.8, 4) is 5.75 Å². The van der Waals surface area contributed by atoms with E-state index in [2.05, 4.69) is 38.3 Å². The minimum Gasteiger partial charge on any atom is -0.496 e. The molecule has 2 atom stereocenters. The van der Waals surface area contributed by atoms with E-state index in [1.807, 2.05) is 0 Å². The van der Waals surface area contributed by atoms with Crippen LogP contribution in [0.15, 0.2) is 12.1 Å². The number of aryl methyl sites for hydroxylation is 1. The zero-order valence-corrected chi connectivity index (χ0v) is 11.8. The summed E-state index contributed by atoms with van der Waals surface area (Å²) in [5, 5.41) is 0. The molecule has 3 nitrogen and oxygen atoms in total. The maximum Gasteiger partial charge on any atom is 0.126 e. The van der Waals surface area contributed by atoms with Crippen molar-refractivity contribution in [3.05, 3.63) is 28.8 Å². The van der Waals surface area contributed by atoms with Crippen LogP contribution in [-0.4, -0.2) is 7.11 Å². The predicted octanol–water partition coefficient (Wildman–Crippen LogP) is 2.86. The molecule has 2 unspecified atom stereocenters. The van der Waals surface area contributed by atoms with Gasteiger partial charge in [0.05, 0.1) is 13.2 Å². The molecular formula is C15H24N2O. The van der Waals surface area contributed by atoms with Crippen molar-refractivity contribution in [1.29, 1.82) is 0 Å². The van der Waals surface area contributed by atoms with Crippen LogP contribution in [-0.2, 0) is 0 Å². The van der Waals surface area contributed by atoms with Crippen LogP contribution in [0.2, 0.25) is 0 Å². The van der Waals surface area contributed by atoms with E-state index in [-0.39, 0.29) is 6.04 Å². The Morgan fingerprint density at radius 1 is 1.33 bits per heavy atom. The van der Waals surface area contributed by atoms with Crippen molar-refractivity contribution in [2.45, 2.75) is 39.7 Å². The van der Waals surface area contributed by atoms with Crippen LogP contribution < -0.4 is 16.0 Å². The Morgan fingerprint density at radius 2 is 2.00 bits per heavy atom. The van der Waals surface area contributed by atoms with Crippen molar-refractivity contribution in [2.24, 2.45) is 17.7 Å². The lowest BCUT2D eigenvalue weighted by Gasteiger charge is -2.26. The average Bonchev–Trinajstić information content (AvgIpc) is 3.18. The summed E-state index contributed by atoms with van der Waals surface area (Å²) in [6.45, 7) is 6.49. The van der Waals surface area contributed by atoms with Crippen LogP contribution in [0, 0.1) is 25.7 Å². The smallest absolute Gasteiger partial charge is 0.126 e. The molecule has 3 heteroatoms. The van der Waals surface area contributed by atoms with Gasteiger partial charge in [-0.3, -0.25) is 11.3 Å². The van der Waals surface area contributed by atoms with E-state index in [0.29, 0.717) is 5.92 Å². The summed E-state index contributed by atoms with van der Waals surface area (Å²) in [5.41, 5.74) is 6.63. The Morgan fingerprint density at radius 3 is 2.50 bits per heavy atom. The van der Waals surface area contributed by atoms with E-state index in [1.165, 1.54) is 29.5 Å². The van der Waals surface area contributed by atoms with Gasteiger partial charge in [-0.1, -0.05) is 19.1 Å². The fraction of sp³-hybridized carbons (Fsp3) is 0.600. The molecule has 0 aliphatic heterocycles. The Hall–Kier alpha value is -1.06. The molecule has 100 valence electrons. The second-order valence-corrected chi connectivity index (χ2v) is 5.47. The zero-order chi connectivity index (χ0) is 13.3. The lowest BCUT2D eigenvalue weighted by atomic mass is 9.88. The van der Waals surface area contributed by atoms with Crippen LogP contribution in [0.5, 0.6) is 5.75 Å². The number of hydrogen-bond donors (Lipinski definition) is 2. The van der Waals surface area contributed by atoms with E-state index in [4.69, 9.17) is 10.6 Å². The van der Waals surface area contributed by atoms with Gasteiger partial charge >= 0.3 is 0 Å². The normalized spacial score (nSPS) is 18.5. The van der Waals surface area contributed by atoms with E-state index in [9.17, 15) is 0 Å². The van der Waals surface area contributed by atoms with Crippen molar-refractivity contribution in [3.63, 3.8) is 0 Å². The molecule has 0 aromatic heterocycles. The highest BCUT2D eigenvalue weighted by Gasteiger charge is 2.35. The Balaban J connectivity index is 2.38. The topological polar surface area (TPSA) is 47.3 Å². The van der Waals surface area contributed by atoms with Crippen LogP contribution >= 0.6 is 0 Å². The molecule has 2 rings (SSSR count). The quantitative estimate of drug-likeness (QED) is 0.622. The molecule has 1 saturated carbocycles. The molecule has 0 spiro atoms. The third-order valence-electron chi connectivity index (χ3n) is 4.32. The molecule has 1 fully saturated rings. The summed E-state index contributed by atoms with van der Waals surface area (Å²) in [4.78, 5) is 0. The minimum absolute atomic E-state index is 0.173. The molecule has 3 N–H and O–H groups in total. The lowest BCUT2D eigenvalue weighted by molar-refractivity contribution is 0.334. The monoisotopic (exact) mass is 248 g/mol. The summed E-state index contributed by atoms with van der Waals surface area (Å²) >= 11 is 0. The van der Waals surface area contributed by atoms with E-state index >= 15 is 0 Å². The first-order valence-corrected chi connectivity index (χ1v) is 6.70. The second kappa shape index (κ2) is 5.29. The minimum atomic E-state index is 0.173. The SMILES string of the molecule is COc1c(C(NN)C(C)C2CC2)ccc(C)c1C. The number of benzene rings is 1. The predicted molar refractivity (Wildman–Crippen MR) is 74.4 cm³/mol. The van der Waals surface area contributed by atoms with Gasteiger partial charge in [0.25, 0.3) is 0 Å². The number of hydrogen-bond acceptors (Lipinski definition) is 3. The van der Waals surface area contributed by atoms with Crippen molar-refractivity contribution >= 4 is 0 Å². The fourth-order valence-electron chi connectivity index (χ4n) is 2.75. The van der Waals surface area contributed by atoms with Gasteiger partial charge in [-0.05, 0) is 49.7 Å². The third-order valence-corrected chi connectivity index (χ3v) is 4.32. The van der Waals surface area contributed by atoms with Gasteiger partial charge < -0.3 is 4.74 Å². The number of hydrazine groups is 1. The molecule has 0 amide bonds. The summed E-state index contributed by atoms with van der Waals surface area (Å²) in [7, 11) is 1.74. The standard InChI is InChI=1S/C15H24N2O/c1-9-5-8-13(15(18-4)10(9)2)14(17-16)11(3)12-6-7-12/h5,8,11-12,14,17H,6-7,16H2,1-4H3. The molecule has 1 aliphatic rings. The largest absolute Gasteiger partial charge is 0.496 e. The Labute approximate surface area is 110 Å². The molecule has 1 aromatic carbocycles. The van der Waals surface area contributed by atoms with E-state index < -0.39 is 0 Å². The molecule has 0 saturated heterocycles. The van der Waals surface area contributed by atoms with Crippen LogP contribution in [0.1, 0.15) is 42.5 Å². The molecule has 0 heterocycles. The van der Waals surface area contributed by atoms with E-state index in [1.54, 1.807) is 7.11 Å². The van der Waals surface area contributed by atoms with Gasteiger partial charge in [-0.2, -0.15) is 0 Å². The van der Waals surface area contributed by atoms with Gasteiger partial charge in [0.15, 0.2) is 0 Å². The highest BCUT2D eigenvalue weighted by molar-refractivity contribution is 5.47. The lowest BCUT2D eigenvalue weighted by Crippen LogP contribution is -2.33. The number of rotatable bonds is 5. The van der Waals surface area contributed by atoms with E-state index in [0.717, 1.165) is 11.7 Å². The average molecular weight is 248 g/mol. The molecule has 0 bridgehead atoms.